The van der Waals surface area contributed by atoms with Gasteiger partial charge >= 0.3 is 0 Å². The average molecular weight is 282 g/mol. The molecule has 2 rings (SSSR count). The summed E-state index contributed by atoms with van der Waals surface area (Å²) in [6, 6.07) is 4.73. The highest BCUT2D eigenvalue weighted by atomic mass is 35.5. The van der Waals surface area contributed by atoms with Crippen LogP contribution in [-0.2, 0) is 4.79 Å². The summed E-state index contributed by atoms with van der Waals surface area (Å²) < 4.78 is 0. The summed E-state index contributed by atoms with van der Waals surface area (Å²) in [4.78, 5) is 25.9. The monoisotopic (exact) mass is 281 g/mol. The highest BCUT2D eigenvalue weighted by molar-refractivity contribution is 6.33. The first-order valence-corrected chi connectivity index (χ1v) is 6.37. The van der Waals surface area contributed by atoms with E-state index in [1.165, 1.54) is 6.07 Å². The largest absolute Gasteiger partial charge is 0.398 e. The number of nitrogens with two attached hydrogens (primary N) is 1. The molecule has 0 unspecified atom stereocenters. The Balaban J connectivity index is 2.32. The molecule has 1 saturated heterocycles. The zero-order valence-corrected chi connectivity index (χ0v) is 11.6. The molecule has 1 aromatic rings. The van der Waals surface area contributed by atoms with Crippen LogP contribution in [0, 0.1) is 0 Å². The first-order valence-electron chi connectivity index (χ1n) is 5.99. The minimum Gasteiger partial charge on any atom is -0.398 e. The molecule has 102 valence electrons. The molecule has 1 aromatic carbocycles. The Hall–Kier alpha value is -1.75. The van der Waals surface area contributed by atoms with E-state index < -0.39 is 5.54 Å². The summed E-state index contributed by atoms with van der Waals surface area (Å²) in [7, 11) is 0. The van der Waals surface area contributed by atoms with Gasteiger partial charge in [0.2, 0.25) is 5.91 Å². The molecule has 0 bridgehead atoms. The zero-order chi connectivity index (χ0) is 14.2. The number of amides is 2. The highest BCUT2D eigenvalue weighted by Crippen LogP contribution is 2.24. The molecule has 0 saturated carbocycles. The molecule has 19 heavy (non-hydrogen) atoms. The molecule has 0 atom stereocenters. The predicted molar refractivity (Wildman–Crippen MR) is 74.0 cm³/mol. The van der Waals surface area contributed by atoms with Crippen LogP contribution in [0.15, 0.2) is 18.2 Å². The van der Waals surface area contributed by atoms with Crippen molar-refractivity contribution >= 4 is 29.1 Å². The van der Waals surface area contributed by atoms with Crippen LogP contribution in [0.1, 0.15) is 24.2 Å². The number of hydrogen-bond acceptors (Lipinski definition) is 3. The maximum atomic E-state index is 12.5. The van der Waals surface area contributed by atoms with Crippen molar-refractivity contribution in [1.82, 2.24) is 10.2 Å². The number of rotatable bonds is 1. The molecule has 0 aromatic heterocycles. The fraction of sp³-hybridized carbons (Fsp3) is 0.385. The van der Waals surface area contributed by atoms with Crippen LogP contribution >= 0.6 is 11.6 Å². The SMILES string of the molecule is CC1(C)C(=O)NCCN1C(=O)c1ccc(Cl)c(N)c1. The molecule has 1 aliphatic heterocycles. The van der Waals surface area contributed by atoms with Crippen molar-refractivity contribution in [1.29, 1.82) is 0 Å². The van der Waals surface area contributed by atoms with Gasteiger partial charge in [-0.25, -0.2) is 0 Å². The Morgan fingerprint density at radius 3 is 2.79 bits per heavy atom. The van der Waals surface area contributed by atoms with Gasteiger partial charge in [0.05, 0.1) is 10.7 Å². The smallest absolute Gasteiger partial charge is 0.254 e. The summed E-state index contributed by atoms with van der Waals surface area (Å²) in [6.45, 7) is 4.37. The standard InChI is InChI=1S/C13H16ClN3O2/c1-13(2)12(19)16-5-6-17(13)11(18)8-3-4-9(14)10(15)7-8/h3-4,7H,5-6,15H2,1-2H3,(H,16,19). The Kier molecular flexibility index (Phi) is 3.41. The van der Waals surface area contributed by atoms with E-state index in [0.717, 1.165) is 0 Å². The molecule has 0 aliphatic carbocycles. The van der Waals surface area contributed by atoms with Gasteiger partial charge in [0.15, 0.2) is 0 Å². The van der Waals surface area contributed by atoms with E-state index in [1.54, 1.807) is 30.9 Å². The molecule has 1 fully saturated rings. The van der Waals surface area contributed by atoms with Crippen molar-refractivity contribution in [3.8, 4) is 0 Å². The minimum atomic E-state index is -0.871. The van der Waals surface area contributed by atoms with E-state index in [2.05, 4.69) is 5.32 Å². The summed E-state index contributed by atoms with van der Waals surface area (Å²) in [5.74, 6) is -0.378. The third-order valence-electron chi connectivity index (χ3n) is 3.34. The van der Waals surface area contributed by atoms with E-state index in [1.807, 2.05) is 0 Å². The number of nitrogen functional groups attached to an aromatic ring is 1. The number of piperazine rings is 1. The van der Waals surface area contributed by atoms with Gasteiger partial charge in [0, 0.05) is 18.7 Å². The van der Waals surface area contributed by atoms with Crippen LogP contribution in [0.3, 0.4) is 0 Å². The Bertz CT molecular complexity index is 543. The maximum Gasteiger partial charge on any atom is 0.254 e. The van der Waals surface area contributed by atoms with Gasteiger partial charge in [-0.1, -0.05) is 11.6 Å². The summed E-state index contributed by atoms with van der Waals surface area (Å²) in [5.41, 5.74) is 5.62. The summed E-state index contributed by atoms with van der Waals surface area (Å²) in [6.07, 6.45) is 0. The number of hydrogen-bond donors (Lipinski definition) is 2. The van der Waals surface area contributed by atoms with Crippen molar-refractivity contribution in [2.24, 2.45) is 0 Å². The topological polar surface area (TPSA) is 75.4 Å². The van der Waals surface area contributed by atoms with Gasteiger partial charge in [0.1, 0.15) is 5.54 Å². The second-order valence-electron chi connectivity index (χ2n) is 5.01. The summed E-state index contributed by atoms with van der Waals surface area (Å²) in [5, 5.41) is 3.16. The Morgan fingerprint density at radius 1 is 1.47 bits per heavy atom. The van der Waals surface area contributed by atoms with Crippen molar-refractivity contribution < 1.29 is 9.59 Å². The fourth-order valence-corrected chi connectivity index (χ4v) is 2.21. The number of nitrogens with one attached hydrogen (secondary N) is 1. The first kappa shape index (κ1) is 13.7. The van der Waals surface area contributed by atoms with Gasteiger partial charge in [-0.2, -0.15) is 0 Å². The van der Waals surface area contributed by atoms with Crippen LogP contribution < -0.4 is 11.1 Å². The average Bonchev–Trinajstić information content (AvgIpc) is 2.35. The lowest BCUT2D eigenvalue weighted by molar-refractivity contribution is -0.133. The van der Waals surface area contributed by atoms with Gasteiger partial charge in [-0.05, 0) is 32.0 Å². The Labute approximate surface area is 116 Å². The lowest BCUT2D eigenvalue weighted by Crippen LogP contribution is -2.63. The number of nitrogens with zero attached hydrogens (tertiary/aromatic N) is 1. The van der Waals surface area contributed by atoms with Crippen LogP contribution in [0.25, 0.3) is 0 Å². The van der Waals surface area contributed by atoms with Gasteiger partial charge in [-0.15, -0.1) is 0 Å². The van der Waals surface area contributed by atoms with Crippen LogP contribution in [0.5, 0.6) is 0 Å². The van der Waals surface area contributed by atoms with E-state index in [0.29, 0.717) is 29.4 Å². The molecule has 5 nitrogen and oxygen atoms in total. The molecule has 6 heteroatoms. The van der Waals surface area contributed by atoms with Gasteiger partial charge in [0.25, 0.3) is 5.91 Å². The molecule has 2 amide bonds. The van der Waals surface area contributed by atoms with Crippen molar-refractivity contribution in [3.05, 3.63) is 28.8 Å². The lowest BCUT2D eigenvalue weighted by atomic mass is 9.97. The molecular formula is C13H16ClN3O2. The number of carbonyl (C=O) groups is 2. The number of halogens is 1. The third-order valence-corrected chi connectivity index (χ3v) is 3.68. The maximum absolute atomic E-state index is 12.5. The quantitative estimate of drug-likeness (QED) is 0.761. The molecule has 1 heterocycles. The molecule has 3 N–H and O–H groups in total. The van der Waals surface area contributed by atoms with Crippen LogP contribution in [0.4, 0.5) is 5.69 Å². The van der Waals surface area contributed by atoms with Gasteiger partial charge in [-0.3, -0.25) is 9.59 Å². The van der Waals surface area contributed by atoms with Crippen LogP contribution in [0.2, 0.25) is 5.02 Å². The first-order chi connectivity index (χ1) is 8.84. The Morgan fingerprint density at radius 2 is 2.16 bits per heavy atom. The lowest BCUT2D eigenvalue weighted by Gasteiger charge is -2.41. The van der Waals surface area contributed by atoms with E-state index in [9.17, 15) is 9.59 Å². The predicted octanol–water partition coefficient (Wildman–Crippen LogP) is 1.27. The molecule has 0 radical (unpaired) electrons. The van der Waals surface area contributed by atoms with E-state index in [4.69, 9.17) is 17.3 Å². The van der Waals surface area contributed by atoms with Crippen LogP contribution in [-0.4, -0.2) is 35.3 Å². The van der Waals surface area contributed by atoms with E-state index >= 15 is 0 Å². The minimum absolute atomic E-state index is 0.158. The zero-order valence-electron chi connectivity index (χ0n) is 10.9. The normalized spacial score (nSPS) is 18.1. The second-order valence-corrected chi connectivity index (χ2v) is 5.42. The number of anilines is 1. The second kappa shape index (κ2) is 4.74. The van der Waals surface area contributed by atoms with Crippen molar-refractivity contribution in [2.75, 3.05) is 18.8 Å². The number of benzene rings is 1. The van der Waals surface area contributed by atoms with E-state index in [-0.39, 0.29) is 11.8 Å². The van der Waals surface area contributed by atoms with Crippen molar-refractivity contribution in [2.45, 2.75) is 19.4 Å². The summed E-state index contributed by atoms with van der Waals surface area (Å²) >= 11 is 5.84. The molecule has 1 aliphatic rings. The third kappa shape index (κ3) is 2.38. The molecular weight excluding hydrogens is 266 g/mol. The van der Waals surface area contributed by atoms with Gasteiger partial charge < -0.3 is 16.0 Å². The molecule has 0 spiro atoms. The number of carbonyl (C=O) groups excluding carboxylic acids is 2. The fourth-order valence-electron chi connectivity index (χ4n) is 2.09. The highest BCUT2D eigenvalue weighted by Gasteiger charge is 2.40. The van der Waals surface area contributed by atoms with Crippen molar-refractivity contribution in [3.63, 3.8) is 0 Å².